The molecule has 0 spiro atoms. The summed E-state index contributed by atoms with van der Waals surface area (Å²) in [6.07, 6.45) is -0.299. The number of ketones is 1. The summed E-state index contributed by atoms with van der Waals surface area (Å²) in [5.74, 6) is -0.191. The van der Waals surface area contributed by atoms with Crippen molar-refractivity contribution < 1.29 is 32.2 Å². The number of hydrogen-bond donors (Lipinski definition) is 0. The number of morpholine rings is 1. The molecular weight excluding hydrogens is 452 g/mol. The molecule has 0 N–H and O–H groups in total. The zero-order valence-corrected chi connectivity index (χ0v) is 19.5. The smallest absolute Gasteiger partial charge is 0.300 e. The summed E-state index contributed by atoms with van der Waals surface area (Å²) in [7, 11) is -3.59. The Balaban J connectivity index is 1.26. The molecule has 2 atom stereocenters. The summed E-state index contributed by atoms with van der Waals surface area (Å²) >= 11 is 0. The van der Waals surface area contributed by atoms with Crippen LogP contribution in [0.1, 0.15) is 24.2 Å². The van der Waals surface area contributed by atoms with Crippen molar-refractivity contribution in [1.29, 1.82) is 0 Å². The van der Waals surface area contributed by atoms with Gasteiger partial charge in [-0.2, -0.15) is 17.0 Å². The van der Waals surface area contributed by atoms with Crippen LogP contribution >= 0.6 is 0 Å². The number of piperazine rings is 1. The van der Waals surface area contributed by atoms with E-state index in [9.17, 15) is 18.0 Å². The normalized spacial score (nSPS) is 27.2. The third kappa shape index (κ3) is 4.10. The Morgan fingerprint density at radius 2 is 1.52 bits per heavy atom. The van der Waals surface area contributed by atoms with Gasteiger partial charge in [0.25, 0.3) is 16.0 Å². The molecule has 4 aliphatic heterocycles. The molecule has 180 valence electrons. The zero-order chi connectivity index (χ0) is 23.3. The maximum Gasteiger partial charge on any atom is 0.300 e. The molecule has 1 aromatic rings. The van der Waals surface area contributed by atoms with Crippen LogP contribution in [0.15, 0.2) is 12.1 Å². The number of fused-ring (bicyclic) bond motifs is 2. The summed E-state index contributed by atoms with van der Waals surface area (Å²) in [6, 6.07) is 3.24. The molecule has 0 radical (unpaired) electrons. The minimum absolute atomic E-state index is 0.149. The van der Waals surface area contributed by atoms with Gasteiger partial charge < -0.3 is 14.2 Å². The predicted octanol–water partition coefficient (Wildman–Crippen LogP) is -0.0838. The van der Waals surface area contributed by atoms with Crippen molar-refractivity contribution in [1.82, 2.24) is 13.5 Å². The number of benzene rings is 1. The molecule has 4 heterocycles. The largest absolute Gasteiger partial charge is 0.486 e. The van der Waals surface area contributed by atoms with Gasteiger partial charge in [-0.1, -0.05) is 0 Å². The lowest BCUT2D eigenvalue weighted by Gasteiger charge is -2.40. The second kappa shape index (κ2) is 8.51. The van der Waals surface area contributed by atoms with E-state index in [1.807, 2.05) is 18.7 Å². The summed E-state index contributed by atoms with van der Waals surface area (Å²) < 4.78 is 46.0. The Labute approximate surface area is 192 Å². The van der Waals surface area contributed by atoms with Gasteiger partial charge in [0.15, 0.2) is 11.5 Å². The van der Waals surface area contributed by atoms with Crippen LogP contribution < -0.4 is 14.4 Å². The number of nitrogens with zero attached hydrogens (tertiary/aromatic N) is 4. The van der Waals surface area contributed by atoms with Crippen LogP contribution in [0.2, 0.25) is 0 Å². The summed E-state index contributed by atoms with van der Waals surface area (Å²) in [5.41, 5.74) is 0.807. The highest BCUT2D eigenvalue weighted by Crippen LogP contribution is 2.40. The average Bonchev–Trinajstić information content (AvgIpc) is 3.01. The summed E-state index contributed by atoms with van der Waals surface area (Å²) in [4.78, 5) is 28.6. The van der Waals surface area contributed by atoms with E-state index in [-0.39, 0.29) is 18.9 Å². The molecule has 1 amide bonds. The van der Waals surface area contributed by atoms with E-state index in [2.05, 4.69) is 0 Å². The van der Waals surface area contributed by atoms with Crippen LogP contribution in [0.4, 0.5) is 5.69 Å². The summed E-state index contributed by atoms with van der Waals surface area (Å²) in [5, 5.41) is 0. The van der Waals surface area contributed by atoms with E-state index >= 15 is 0 Å². The number of ether oxygens (including phenoxy) is 3. The van der Waals surface area contributed by atoms with Crippen molar-refractivity contribution in [3.8, 4) is 11.5 Å². The molecule has 0 aliphatic carbocycles. The zero-order valence-electron chi connectivity index (χ0n) is 18.7. The first-order chi connectivity index (χ1) is 15.7. The second-order valence-electron chi connectivity index (χ2n) is 8.82. The summed E-state index contributed by atoms with van der Waals surface area (Å²) in [6.45, 7) is 6.95. The van der Waals surface area contributed by atoms with Crippen LogP contribution in [-0.4, -0.2) is 105 Å². The highest BCUT2D eigenvalue weighted by molar-refractivity contribution is 7.86. The third-order valence-electron chi connectivity index (χ3n) is 6.35. The van der Waals surface area contributed by atoms with Gasteiger partial charge >= 0.3 is 5.91 Å². The Morgan fingerprint density at radius 1 is 0.909 bits per heavy atom. The monoisotopic (exact) mass is 480 g/mol. The van der Waals surface area contributed by atoms with Gasteiger partial charge in [-0.15, -0.1) is 0 Å². The number of carbonyl (C=O) groups excluding carboxylic acids is 2. The molecule has 11 nitrogen and oxygen atoms in total. The molecule has 4 aliphatic rings. The van der Waals surface area contributed by atoms with Crippen molar-refractivity contribution in [3.05, 3.63) is 17.7 Å². The van der Waals surface area contributed by atoms with E-state index in [0.717, 1.165) is 0 Å². The van der Waals surface area contributed by atoms with Crippen molar-refractivity contribution in [3.63, 3.8) is 0 Å². The van der Waals surface area contributed by atoms with Gasteiger partial charge in [0.2, 0.25) is 0 Å². The third-order valence-corrected chi connectivity index (χ3v) is 8.32. The number of Topliss-reactive ketones (excluding diaryl/α,β-unsaturated/α-hetero) is 1. The van der Waals surface area contributed by atoms with E-state index in [1.54, 1.807) is 12.1 Å². The molecule has 33 heavy (non-hydrogen) atoms. The number of hydrogen-bond acceptors (Lipinski definition) is 8. The first-order valence-corrected chi connectivity index (χ1v) is 12.6. The molecule has 12 heteroatoms. The van der Waals surface area contributed by atoms with Crippen molar-refractivity contribution in [2.75, 3.05) is 64.1 Å². The van der Waals surface area contributed by atoms with Gasteiger partial charge in [-0.3, -0.25) is 19.4 Å². The molecule has 0 aromatic heterocycles. The SMILES string of the molecule is C[C@H]1CN(S(=O)(=O)N2CCN(CN3C(=O)C(=O)c4cc5c(cc43)OCCO5)CC2)C[C@H](C)O1. The van der Waals surface area contributed by atoms with Gasteiger partial charge in [0.1, 0.15) is 13.2 Å². The maximum absolute atomic E-state index is 13.1. The number of amides is 1. The highest BCUT2D eigenvalue weighted by Gasteiger charge is 2.40. The van der Waals surface area contributed by atoms with Gasteiger partial charge in [0.05, 0.1) is 30.1 Å². The fraction of sp³-hybridized carbons (Fsp3) is 0.619. The Bertz CT molecular complexity index is 1060. The molecule has 2 fully saturated rings. The van der Waals surface area contributed by atoms with Crippen molar-refractivity contribution >= 4 is 27.6 Å². The Hall–Kier alpha value is -2.25. The Morgan fingerprint density at radius 3 is 2.15 bits per heavy atom. The predicted molar refractivity (Wildman–Crippen MR) is 118 cm³/mol. The molecule has 2 saturated heterocycles. The maximum atomic E-state index is 13.1. The van der Waals surface area contributed by atoms with Gasteiger partial charge in [-0.05, 0) is 19.9 Å². The second-order valence-corrected chi connectivity index (χ2v) is 10.7. The number of anilines is 1. The lowest BCUT2D eigenvalue weighted by molar-refractivity contribution is -0.114. The van der Waals surface area contributed by atoms with Crippen LogP contribution in [0, 0.1) is 0 Å². The standard InChI is InChI=1S/C21H28N4O7S/c1-14-11-24(12-15(2)32-14)33(28,29)23-5-3-22(4-6-23)13-25-17-10-19-18(30-7-8-31-19)9-16(17)20(26)21(25)27/h9-10,14-15H,3-8,11-13H2,1-2H3/t14-,15-/m0/s1. The van der Waals surface area contributed by atoms with Crippen LogP contribution in [0.5, 0.6) is 11.5 Å². The first kappa shape index (κ1) is 22.5. The topological polar surface area (TPSA) is 109 Å². The molecular formula is C21H28N4O7S. The highest BCUT2D eigenvalue weighted by atomic mass is 32.2. The molecule has 0 bridgehead atoms. The van der Waals surface area contributed by atoms with Crippen LogP contribution in [-0.2, 0) is 19.7 Å². The van der Waals surface area contributed by atoms with Crippen molar-refractivity contribution in [2.24, 2.45) is 0 Å². The van der Waals surface area contributed by atoms with Gasteiger partial charge in [-0.25, -0.2) is 0 Å². The van der Waals surface area contributed by atoms with Crippen molar-refractivity contribution in [2.45, 2.75) is 26.1 Å². The van der Waals surface area contributed by atoms with Crippen LogP contribution in [0.3, 0.4) is 0 Å². The molecule has 0 saturated carbocycles. The molecule has 5 rings (SSSR count). The molecule has 1 aromatic carbocycles. The Kier molecular flexibility index (Phi) is 5.81. The lowest BCUT2D eigenvalue weighted by Crippen LogP contribution is -2.58. The molecule has 0 unspecified atom stereocenters. The number of rotatable bonds is 4. The van der Waals surface area contributed by atoms with E-state index in [0.29, 0.717) is 75.2 Å². The quantitative estimate of drug-likeness (QED) is 0.551. The minimum atomic E-state index is -3.59. The van der Waals surface area contributed by atoms with Gasteiger partial charge in [0, 0.05) is 45.3 Å². The van der Waals surface area contributed by atoms with E-state index in [1.165, 1.54) is 13.5 Å². The fourth-order valence-electron chi connectivity index (χ4n) is 4.75. The van der Waals surface area contributed by atoms with Crippen LogP contribution in [0.25, 0.3) is 0 Å². The lowest BCUT2D eigenvalue weighted by atomic mass is 10.1. The average molecular weight is 481 g/mol. The number of carbonyl (C=O) groups is 2. The minimum Gasteiger partial charge on any atom is -0.486 e. The van der Waals surface area contributed by atoms with E-state index < -0.39 is 21.9 Å². The van der Waals surface area contributed by atoms with E-state index in [4.69, 9.17) is 14.2 Å². The first-order valence-electron chi connectivity index (χ1n) is 11.2. The fourth-order valence-corrected chi connectivity index (χ4v) is 6.50.